The molecule has 0 heterocycles. The Morgan fingerprint density at radius 2 is 1.38 bits per heavy atom. The molecule has 0 saturated heterocycles. The van der Waals surface area contributed by atoms with Gasteiger partial charge in [0.15, 0.2) is 0 Å². The van der Waals surface area contributed by atoms with Gasteiger partial charge in [0.1, 0.15) is 0 Å². The summed E-state index contributed by atoms with van der Waals surface area (Å²) in [5, 5.41) is -2.97. The van der Waals surface area contributed by atoms with Gasteiger partial charge in [0.05, 0.1) is 0 Å². The van der Waals surface area contributed by atoms with Crippen LogP contribution in [-0.4, -0.2) is 36.9 Å². The van der Waals surface area contributed by atoms with Gasteiger partial charge >= 0.3 is 24.6 Å². The molecule has 0 atom stereocenters. The van der Waals surface area contributed by atoms with E-state index in [1.807, 2.05) is 0 Å². The van der Waals surface area contributed by atoms with Gasteiger partial charge in [-0.2, -0.15) is 35.1 Å². The second-order valence-corrected chi connectivity index (χ2v) is 2.43. The third-order valence-electron chi connectivity index (χ3n) is 1.44. The van der Waals surface area contributed by atoms with Gasteiger partial charge < -0.3 is 4.74 Å². The van der Waals surface area contributed by atoms with Gasteiger partial charge in [0, 0.05) is 7.11 Å². The molecule has 0 fully saturated rings. The smallest absolute Gasteiger partial charge is 0.319 e. The lowest BCUT2D eigenvalue weighted by molar-refractivity contribution is -0.452. The summed E-state index contributed by atoms with van der Waals surface area (Å²) in [5.74, 6) is -6.47. The van der Waals surface area contributed by atoms with E-state index in [1.54, 1.807) is 0 Å². The Hall–Kier alpha value is -0.710. The van der Waals surface area contributed by atoms with Crippen LogP contribution < -0.4 is 0 Å². The van der Waals surface area contributed by atoms with E-state index in [0.717, 1.165) is 0 Å². The molecule has 0 N–H and O–H groups in total. The Bertz CT molecular complexity index is 242. The van der Waals surface area contributed by atoms with E-state index in [0.29, 0.717) is 0 Å². The normalized spacial score (nSPS) is 15.0. The number of nitrogens with zero attached hydrogens (tertiary/aromatic N) is 1. The minimum absolute atomic E-state index is 0.0745. The minimum atomic E-state index is -6.47. The van der Waals surface area contributed by atoms with Crippen molar-refractivity contribution in [3.05, 3.63) is 0 Å². The number of methoxy groups -OCH3 is 1. The number of halogens is 9. The second-order valence-electron chi connectivity index (χ2n) is 2.43. The number of alkyl halides is 8. The van der Waals surface area contributed by atoms with Crippen LogP contribution in [0, 0.1) is 0 Å². The Morgan fingerprint density at radius 3 is 1.62 bits per heavy atom. The summed E-state index contributed by atoms with van der Waals surface area (Å²) >= 11 is 0. The first-order chi connectivity index (χ1) is 6.91. The zero-order valence-corrected chi connectivity index (χ0v) is 7.33. The molecular weight excluding hydrogens is 261 g/mol. The molecule has 0 aliphatic carbocycles. The van der Waals surface area contributed by atoms with E-state index in [9.17, 15) is 39.6 Å². The molecule has 0 unspecified atom stereocenters. The van der Waals surface area contributed by atoms with Crippen LogP contribution in [0.3, 0.4) is 0 Å². The van der Waals surface area contributed by atoms with E-state index < -0.39 is 29.7 Å². The van der Waals surface area contributed by atoms with Crippen LogP contribution in [0.5, 0.6) is 0 Å². The highest BCUT2D eigenvalue weighted by molar-refractivity contribution is 4.89. The third-order valence-corrected chi connectivity index (χ3v) is 1.44. The SMILES string of the molecule is COC(F)(F)C(F)(F)C(F)(F)N(F)C(F)F. The Labute approximate surface area is 82.5 Å². The van der Waals surface area contributed by atoms with Gasteiger partial charge in [-0.1, -0.05) is 0 Å². The monoisotopic (exact) mass is 265 g/mol. The van der Waals surface area contributed by atoms with Crippen molar-refractivity contribution in [2.24, 2.45) is 0 Å². The summed E-state index contributed by atoms with van der Waals surface area (Å²) in [6.45, 7) is -4.70. The molecule has 0 aliphatic heterocycles. The van der Waals surface area contributed by atoms with Gasteiger partial charge in [-0.3, -0.25) is 0 Å². The minimum Gasteiger partial charge on any atom is -0.319 e. The van der Waals surface area contributed by atoms with Gasteiger partial charge in [-0.05, 0) is 5.12 Å². The van der Waals surface area contributed by atoms with E-state index in [-0.39, 0.29) is 7.11 Å². The fourth-order valence-corrected chi connectivity index (χ4v) is 0.560. The van der Waals surface area contributed by atoms with Crippen molar-refractivity contribution in [3.8, 4) is 0 Å². The van der Waals surface area contributed by atoms with Crippen molar-refractivity contribution in [2.75, 3.05) is 7.11 Å². The van der Waals surface area contributed by atoms with Crippen molar-refractivity contribution in [3.63, 3.8) is 0 Å². The van der Waals surface area contributed by atoms with E-state index in [4.69, 9.17) is 0 Å². The van der Waals surface area contributed by atoms with Gasteiger partial charge in [0.2, 0.25) is 0 Å². The lowest BCUT2D eigenvalue weighted by Gasteiger charge is -2.33. The molecule has 2 nitrogen and oxygen atoms in total. The van der Waals surface area contributed by atoms with Crippen molar-refractivity contribution >= 4 is 0 Å². The average Bonchev–Trinajstić information content (AvgIpc) is 2.15. The number of rotatable bonds is 5. The topological polar surface area (TPSA) is 12.5 Å². The van der Waals surface area contributed by atoms with E-state index in [2.05, 4.69) is 4.74 Å². The van der Waals surface area contributed by atoms with Crippen LogP contribution in [0.25, 0.3) is 0 Å². The predicted molar refractivity (Wildman–Crippen MR) is 30.8 cm³/mol. The molecule has 0 radical (unpaired) electrons. The average molecular weight is 265 g/mol. The maximum Gasteiger partial charge on any atom is 0.427 e. The van der Waals surface area contributed by atoms with Crippen molar-refractivity contribution in [1.29, 1.82) is 0 Å². The summed E-state index contributed by atoms with van der Waals surface area (Å²) in [7, 11) is -0.0745. The molecule has 16 heavy (non-hydrogen) atoms. The van der Waals surface area contributed by atoms with E-state index >= 15 is 0 Å². The fraction of sp³-hybridized carbons (Fsp3) is 1.00. The zero-order chi connectivity index (χ0) is 13.4. The van der Waals surface area contributed by atoms with Crippen molar-refractivity contribution in [1.82, 2.24) is 5.12 Å². The van der Waals surface area contributed by atoms with Crippen LogP contribution in [0.2, 0.25) is 0 Å². The molecule has 98 valence electrons. The quantitative estimate of drug-likeness (QED) is 0.430. The molecule has 11 heteroatoms. The largest absolute Gasteiger partial charge is 0.427 e. The fourth-order valence-electron chi connectivity index (χ4n) is 0.560. The highest BCUT2D eigenvalue weighted by Crippen LogP contribution is 2.48. The summed E-state index contributed by atoms with van der Waals surface area (Å²) in [5.41, 5.74) is 0. The Morgan fingerprint density at radius 1 is 1.00 bits per heavy atom. The predicted octanol–water partition coefficient (Wildman–Crippen LogP) is 2.86. The summed E-state index contributed by atoms with van der Waals surface area (Å²) in [6, 6.07) is -6.43. The highest BCUT2D eigenvalue weighted by atomic mass is 19.4. The number of hydrogen-bond acceptors (Lipinski definition) is 2. The van der Waals surface area contributed by atoms with Crippen LogP contribution in [0.4, 0.5) is 39.6 Å². The molecule has 0 aliphatic rings. The summed E-state index contributed by atoms with van der Waals surface area (Å²) in [4.78, 5) is 0. The van der Waals surface area contributed by atoms with Crippen molar-refractivity contribution in [2.45, 2.75) is 24.6 Å². The van der Waals surface area contributed by atoms with Gasteiger partial charge in [0.25, 0.3) is 0 Å². The van der Waals surface area contributed by atoms with Crippen LogP contribution >= 0.6 is 0 Å². The van der Waals surface area contributed by atoms with Crippen LogP contribution in [0.1, 0.15) is 0 Å². The molecule has 0 aromatic heterocycles. The molecule has 0 spiro atoms. The molecule has 0 saturated carbocycles. The standard InChI is InChI=1S/C5H4F9NO/c1-16-5(12,13)3(8,9)4(10,11)15(14)2(6)7/h2H,1H3. The zero-order valence-electron chi connectivity index (χ0n) is 7.33. The Balaban J connectivity index is 5.28. The number of hydrogen-bond donors (Lipinski definition) is 0. The molecule has 0 bridgehead atoms. The highest BCUT2D eigenvalue weighted by Gasteiger charge is 2.77. The van der Waals surface area contributed by atoms with Crippen molar-refractivity contribution < 1.29 is 44.3 Å². The first-order valence-corrected chi connectivity index (χ1v) is 3.33. The lowest BCUT2D eigenvalue weighted by Crippen LogP contribution is -2.61. The molecule has 0 rings (SSSR count). The lowest BCUT2D eigenvalue weighted by atomic mass is 10.2. The summed E-state index contributed by atoms with van der Waals surface area (Å²) < 4.78 is 111. The molecule has 0 aromatic carbocycles. The van der Waals surface area contributed by atoms with E-state index in [1.165, 1.54) is 0 Å². The summed E-state index contributed by atoms with van der Waals surface area (Å²) in [6.07, 6.45) is -5.81. The Kier molecular flexibility index (Phi) is 4.09. The maximum absolute atomic E-state index is 12.4. The van der Waals surface area contributed by atoms with Gasteiger partial charge in [-0.25, -0.2) is 0 Å². The van der Waals surface area contributed by atoms with Crippen LogP contribution in [-0.2, 0) is 4.74 Å². The second kappa shape index (κ2) is 4.28. The first-order valence-electron chi connectivity index (χ1n) is 3.33. The molecule has 0 aromatic rings. The molecular formula is C5H4F9NO. The third kappa shape index (κ3) is 2.19. The first kappa shape index (κ1) is 15.3. The van der Waals surface area contributed by atoms with Crippen LogP contribution in [0.15, 0.2) is 0 Å². The number of ether oxygens (including phenoxy) is 1. The van der Waals surface area contributed by atoms with Gasteiger partial charge in [-0.15, -0.1) is 4.48 Å². The molecule has 0 amide bonds. The maximum atomic E-state index is 12.4.